The summed E-state index contributed by atoms with van der Waals surface area (Å²) in [7, 11) is -4.27. The molecule has 9 heteroatoms. The quantitative estimate of drug-likeness (QED) is 0.807. The molecule has 3 N–H and O–H groups in total. The number of nitrogens with zero attached hydrogens (tertiary/aromatic N) is 2. The molecule has 21 heavy (non-hydrogen) atoms. The third kappa shape index (κ3) is 6.32. The first kappa shape index (κ1) is 17.1. The Morgan fingerprint density at radius 3 is 2.05 bits per heavy atom. The minimum absolute atomic E-state index is 0.0318. The van der Waals surface area contributed by atoms with Crippen molar-refractivity contribution in [3.05, 3.63) is 42.7 Å². The molecule has 0 radical (unpaired) electrons. The first-order valence-corrected chi connectivity index (χ1v) is 9.16. The molecule has 7 nitrogen and oxygen atoms in total. The van der Waals surface area contributed by atoms with Crippen molar-refractivity contribution in [3.8, 4) is 0 Å². The van der Waals surface area contributed by atoms with Crippen LogP contribution in [0.4, 0.5) is 11.6 Å². The van der Waals surface area contributed by atoms with Crippen molar-refractivity contribution >= 4 is 32.5 Å². The summed E-state index contributed by atoms with van der Waals surface area (Å²) in [5, 5.41) is 0. The van der Waals surface area contributed by atoms with E-state index >= 15 is 0 Å². The molecule has 0 aliphatic carbocycles. The summed E-state index contributed by atoms with van der Waals surface area (Å²) in [6.45, 7) is 0. The summed E-state index contributed by atoms with van der Waals surface area (Å²) in [6.07, 6.45) is 6.18. The lowest BCUT2D eigenvalue weighted by Gasteiger charge is -2.05. The average Bonchev–Trinajstić information content (AvgIpc) is 2.39. The highest BCUT2D eigenvalue weighted by atomic mass is 32.2. The van der Waals surface area contributed by atoms with Gasteiger partial charge in [-0.2, -0.15) is 0 Å². The molecule has 114 valence electrons. The SMILES string of the molecule is CS(C)=O.Nc1ccc(S(=O)(=O)Nc2ncccn2)cc1. The molecular weight excluding hydrogens is 312 g/mol. The van der Waals surface area contributed by atoms with Gasteiger partial charge in [0.25, 0.3) is 10.0 Å². The predicted molar refractivity (Wildman–Crippen MR) is 83.7 cm³/mol. The molecule has 0 fully saturated rings. The third-order valence-electron chi connectivity index (χ3n) is 1.98. The zero-order valence-corrected chi connectivity index (χ0v) is 13.2. The number of nitrogens with one attached hydrogen (secondary N) is 1. The van der Waals surface area contributed by atoms with E-state index in [0.29, 0.717) is 5.69 Å². The smallest absolute Gasteiger partial charge is 0.264 e. The van der Waals surface area contributed by atoms with Crippen LogP contribution in [-0.4, -0.2) is 35.1 Å². The second-order valence-corrected chi connectivity index (χ2v) is 7.15. The van der Waals surface area contributed by atoms with Crippen LogP contribution in [0.15, 0.2) is 47.6 Å². The number of benzene rings is 1. The normalized spacial score (nSPS) is 10.6. The maximum atomic E-state index is 11.9. The maximum absolute atomic E-state index is 11.9. The van der Waals surface area contributed by atoms with E-state index in [1.165, 1.54) is 36.7 Å². The van der Waals surface area contributed by atoms with Crippen molar-refractivity contribution in [2.45, 2.75) is 4.90 Å². The number of nitrogens with two attached hydrogens (primary N) is 1. The molecule has 0 unspecified atom stereocenters. The monoisotopic (exact) mass is 328 g/mol. The number of hydrogen-bond acceptors (Lipinski definition) is 6. The molecular formula is C12H16N4O3S2. The zero-order chi connectivity index (χ0) is 15.9. The molecule has 0 bridgehead atoms. The average molecular weight is 328 g/mol. The second-order valence-electron chi connectivity index (χ2n) is 3.99. The molecule has 0 spiro atoms. The molecule has 0 aliphatic rings. The van der Waals surface area contributed by atoms with Crippen LogP contribution in [0.3, 0.4) is 0 Å². The summed E-state index contributed by atoms with van der Waals surface area (Å²) >= 11 is 0. The Kier molecular flexibility index (Phi) is 6.25. The van der Waals surface area contributed by atoms with Crippen molar-refractivity contribution in [1.29, 1.82) is 0 Å². The van der Waals surface area contributed by atoms with E-state index in [2.05, 4.69) is 14.7 Å². The van der Waals surface area contributed by atoms with E-state index < -0.39 is 20.8 Å². The van der Waals surface area contributed by atoms with Crippen molar-refractivity contribution in [2.75, 3.05) is 23.0 Å². The van der Waals surface area contributed by atoms with Crippen LogP contribution in [-0.2, 0) is 20.8 Å². The lowest BCUT2D eigenvalue weighted by molar-refractivity contribution is 0.601. The van der Waals surface area contributed by atoms with E-state index in [1.807, 2.05) is 0 Å². The fourth-order valence-corrected chi connectivity index (χ4v) is 2.14. The van der Waals surface area contributed by atoms with Crippen LogP contribution in [0.25, 0.3) is 0 Å². The lowest BCUT2D eigenvalue weighted by Crippen LogP contribution is -2.14. The Morgan fingerprint density at radius 2 is 1.57 bits per heavy atom. The van der Waals surface area contributed by atoms with E-state index in [0.717, 1.165) is 0 Å². The number of sulfonamides is 1. The number of aromatic nitrogens is 2. The standard InChI is InChI=1S/C10H10N4O2S.C2H6OS/c11-8-2-4-9(5-3-8)17(15,16)14-10-12-6-1-7-13-10;1-4(2)3/h1-7H,11H2,(H,12,13,14);1-2H3. The highest BCUT2D eigenvalue weighted by Crippen LogP contribution is 2.14. The Bertz CT molecular complexity index is 684. The van der Waals surface area contributed by atoms with Crippen LogP contribution in [0, 0.1) is 0 Å². The summed E-state index contributed by atoms with van der Waals surface area (Å²) < 4.78 is 35.6. The zero-order valence-electron chi connectivity index (χ0n) is 11.6. The Balaban J connectivity index is 0.000000491. The van der Waals surface area contributed by atoms with Gasteiger partial charge in [0.15, 0.2) is 0 Å². The van der Waals surface area contributed by atoms with Gasteiger partial charge in [-0.25, -0.2) is 23.1 Å². The van der Waals surface area contributed by atoms with E-state index in [4.69, 9.17) is 5.73 Å². The molecule has 1 heterocycles. The molecule has 2 rings (SSSR count). The number of hydrogen-bond donors (Lipinski definition) is 2. The molecule has 1 aromatic heterocycles. The first-order chi connectivity index (χ1) is 9.81. The molecule has 0 amide bonds. The summed E-state index contributed by atoms with van der Waals surface area (Å²) in [5.74, 6) is 0.0318. The van der Waals surface area contributed by atoms with Gasteiger partial charge in [-0.05, 0) is 30.3 Å². The molecule has 1 aromatic carbocycles. The minimum Gasteiger partial charge on any atom is -0.399 e. The van der Waals surface area contributed by atoms with E-state index in [9.17, 15) is 12.6 Å². The van der Waals surface area contributed by atoms with Crippen LogP contribution in [0.5, 0.6) is 0 Å². The van der Waals surface area contributed by atoms with Gasteiger partial charge in [0.05, 0.1) is 4.90 Å². The summed E-state index contributed by atoms with van der Waals surface area (Å²) in [6, 6.07) is 7.46. The molecule has 0 atom stereocenters. The minimum atomic E-state index is -3.66. The van der Waals surface area contributed by atoms with Gasteiger partial charge >= 0.3 is 0 Å². The van der Waals surface area contributed by atoms with Crippen molar-refractivity contribution in [1.82, 2.24) is 9.97 Å². The van der Waals surface area contributed by atoms with Gasteiger partial charge in [-0.15, -0.1) is 0 Å². The van der Waals surface area contributed by atoms with Crippen molar-refractivity contribution < 1.29 is 12.6 Å². The van der Waals surface area contributed by atoms with Crippen molar-refractivity contribution in [2.24, 2.45) is 0 Å². The van der Waals surface area contributed by atoms with Crippen LogP contribution in [0.1, 0.15) is 0 Å². The topological polar surface area (TPSA) is 115 Å². The fraction of sp³-hybridized carbons (Fsp3) is 0.167. The van der Waals surface area contributed by atoms with Crippen LogP contribution < -0.4 is 10.5 Å². The summed E-state index contributed by atoms with van der Waals surface area (Å²) in [4.78, 5) is 7.67. The van der Waals surface area contributed by atoms with Crippen LogP contribution >= 0.6 is 0 Å². The molecule has 2 aromatic rings. The predicted octanol–water partition coefficient (Wildman–Crippen LogP) is 0.854. The van der Waals surface area contributed by atoms with Gasteiger partial charge in [0, 0.05) is 41.4 Å². The third-order valence-corrected chi connectivity index (χ3v) is 3.33. The highest BCUT2D eigenvalue weighted by Gasteiger charge is 2.14. The van der Waals surface area contributed by atoms with Gasteiger partial charge in [-0.1, -0.05) is 0 Å². The lowest BCUT2D eigenvalue weighted by atomic mass is 10.3. The van der Waals surface area contributed by atoms with Gasteiger partial charge in [0.2, 0.25) is 5.95 Å². The highest BCUT2D eigenvalue weighted by molar-refractivity contribution is 7.92. The van der Waals surface area contributed by atoms with Crippen LogP contribution in [0.2, 0.25) is 0 Å². The van der Waals surface area contributed by atoms with Gasteiger partial charge < -0.3 is 5.73 Å². The number of nitrogen functional groups attached to an aromatic ring is 1. The second kappa shape index (κ2) is 7.70. The van der Waals surface area contributed by atoms with Gasteiger partial charge in [-0.3, -0.25) is 4.21 Å². The molecule has 0 aliphatic heterocycles. The Morgan fingerprint density at radius 1 is 1.10 bits per heavy atom. The fourth-order valence-electron chi connectivity index (χ4n) is 1.18. The Hall–Kier alpha value is -2.00. The number of rotatable bonds is 3. The summed E-state index contributed by atoms with van der Waals surface area (Å²) in [5.41, 5.74) is 5.98. The van der Waals surface area contributed by atoms with E-state index in [-0.39, 0.29) is 10.8 Å². The first-order valence-electron chi connectivity index (χ1n) is 5.72. The largest absolute Gasteiger partial charge is 0.399 e. The maximum Gasteiger partial charge on any atom is 0.264 e. The number of anilines is 2. The molecule has 0 saturated heterocycles. The Labute approximate surface area is 126 Å². The van der Waals surface area contributed by atoms with Crippen molar-refractivity contribution in [3.63, 3.8) is 0 Å². The van der Waals surface area contributed by atoms with E-state index in [1.54, 1.807) is 18.6 Å². The molecule has 0 saturated carbocycles. The van der Waals surface area contributed by atoms with Gasteiger partial charge in [0.1, 0.15) is 0 Å².